The van der Waals surface area contributed by atoms with Gasteiger partial charge in [0.05, 0.1) is 31.5 Å². The van der Waals surface area contributed by atoms with Gasteiger partial charge in [-0.1, -0.05) is 0 Å². The van der Waals surface area contributed by atoms with Crippen molar-refractivity contribution in [1.29, 1.82) is 0 Å². The minimum absolute atomic E-state index is 0.0471. The molecule has 2 amide bonds. The van der Waals surface area contributed by atoms with E-state index in [9.17, 15) is 9.59 Å². The fourth-order valence-corrected chi connectivity index (χ4v) is 2.76. The molecule has 0 aromatic carbocycles. The van der Waals surface area contributed by atoms with Crippen LogP contribution in [0.1, 0.15) is 10.5 Å². The number of rotatable bonds is 6. The molecule has 1 aliphatic rings. The van der Waals surface area contributed by atoms with Crippen LogP contribution in [0.2, 0.25) is 0 Å². The minimum Gasteiger partial charge on any atom is -0.463 e. The van der Waals surface area contributed by atoms with Gasteiger partial charge in [0.15, 0.2) is 5.58 Å². The van der Waals surface area contributed by atoms with Gasteiger partial charge in [-0.2, -0.15) is 0 Å². The van der Waals surface area contributed by atoms with E-state index >= 15 is 0 Å². The topological polar surface area (TPSA) is 88.7 Å². The summed E-state index contributed by atoms with van der Waals surface area (Å²) in [6.45, 7) is 4.56. The summed E-state index contributed by atoms with van der Waals surface area (Å²) in [5.74, 6) is -0.498. The third-order valence-electron chi connectivity index (χ3n) is 4.16. The number of fused-ring (bicyclic) bond motifs is 1. The summed E-state index contributed by atoms with van der Waals surface area (Å²) in [6.07, 6.45) is 1.58. The Balaban J connectivity index is 1.41. The lowest BCUT2D eigenvalue weighted by atomic mass is 10.4. The second kappa shape index (κ2) is 7.50. The predicted molar refractivity (Wildman–Crippen MR) is 87.8 cm³/mol. The number of amides is 2. The highest BCUT2D eigenvalue weighted by molar-refractivity contribution is 5.99. The van der Waals surface area contributed by atoms with E-state index in [1.807, 2.05) is 0 Å². The van der Waals surface area contributed by atoms with Gasteiger partial charge in [0, 0.05) is 45.4 Å². The van der Waals surface area contributed by atoms with Crippen molar-refractivity contribution in [3.8, 4) is 0 Å². The highest BCUT2D eigenvalue weighted by atomic mass is 16.5. The van der Waals surface area contributed by atoms with Crippen LogP contribution in [0.25, 0.3) is 11.1 Å². The number of aromatic nitrogens is 1. The second-order valence-electron chi connectivity index (χ2n) is 5.75. The van der Waals surface area contributed by atoms with Crippen LogP contribution in [0.4, 0.5) is 0 Å². The zero-order valence-corrected chi connectivity index (χ0v) is 13.7. The van der Waals surface area contributed by atoms with Crippen LogP contribution < -0.4 is 10.6 Å². The van der Waals surface area contributed by atoms with Gasteiger partial charge in [-0.3, -0.25) is 14.5 Å². The Bertz CT molecular complexity index is 715. The molecule has 0 saturated carbocycles. The molecule has 1 aliphatic heterocycles. The number of furan rings is 1. The lowest BCUT2D eigenvalue weighted by molar-refractivity contribution is -0.120. The lowest BCUT2D eigenvalue weighted by Gasteiger charge is -2.26. The maximum atomic E-state index is 12.2. The number of aryl methyl sites for hydroxylation is 1. The Hall–Kier alpha value is -2.32. The molecule has 0 spiro atoms. The minimum atomic E-state index is -0.299. The molecule has 0 radical (unpaired) electrons. The average Bonchev–Trinajstić information content (AvgIpc) is 3.17. The lowest BCUT2D eigenvalue weighted by Crippen LogP contribution is -2.43. The summed E-state index contributed by atoms with van der Waals surface area (Å²) < 4.78 is 12.3. The molecular formula is C16H22N4O4. The number of carbonyl (C=O) groups excluding carboxylic acids is 2. The SMILES string of the molecule is Cn1c(C(=O)NCC(=O)NCCN2CCOCC2)cc2occc21. The number of nitrogens with one attached hydrogen (secondary N) is 2. The van der Waals surface area contributed by atoms with Crippen molar-refractivity contribution in [2.24, 2.45) is 7.05 Å². The van der Waals surface area contributed by atoms with Crippen LogP contribution in [-0.2, 0) is 16.6 Å². The number of carbonyl (C=O) groups is 2. The van der Waals surface area contributed by atoms with Gasteiger partial charge in [0.25, 0.3) is 5.91 Å². The fourth-order valence-electron chi connectivity index (χ4n) is 2.76. The third-order valence-corrected chi connectivity index (χ3v) is 4.16. The van der Waals surface area contributed by atoms with Crippen LogP contribution in [0, 0.1) is 0 Å². The van der Waals surface area contributed by atoms with Crippen LogP contribution in [0.5, 0.6) is 0 Å². The molecule has 2 aromatic heterocycles. The van der Waals surface area contributed by atoms with E-state index in [1.54, 1.807) is 30.0 Å². The molecule has 2 aromatic rings. The van der Waals surface area contributed by atoms with Crippen molar-refractivity contribution >= 4 is 22.9 Å². The van der Waals surface area contributed by atoms with Crippen LogP contribution in [0.3, 0.4) is 0 Å². The molecule has 1 fully saturated rings. The molecular weight excluding hydrogens is 312 g/mol. The molecule has 0 atom stereocenters. The number of ether oxygens (including phenoxy) is 1. The van der Waals surface area contributed by atoms with Crippen molar-refractivity contribution in [3.05, 3.63) is 24.1 Å². The van der Waals surface area contributed by atoms with Crippen molar-refractivity contribution in [3.63, 3.8) is 0 Å². The zero-order valence-electron chi connectivity index (χ0n) is 13.7. The first-order chi connectivity index (χ1) is 11.6. The highest BCUT2D eigenvalue weighted by Crippen LogP contribution is 2.19. The first-order valence-corrected chi connectivity index (χ1v) is 8.03. The zero-order chi connectivity index (χ0) is 16.9. The smallest absolute Gasteiger partial charge is 0.268 e. The fraction of sp³-hybridized carbons (Fsp3) is 0.500. The van der Waals surface area contributed by atoms with E-state index in [2.05, 4.69) is 15.5 Å². The van der Waals surface area contributed by atoms with Gasteiger partial charge in [-0.25, -0.2) is 0 Å². The molecule has 24 heavy (non-hydrogen) atoms. The second-order valence-corrected chi connectivity index (χ2v) is 5.75. The summed E-state index contributed by atoms with van der Waals surface area (Å²) in [5, 5.41) is 5.44. The highest BCUT2D eigenvalue weighted by Gasteiger charge is 2.16. The molecule has 0 bridgehead atoms. The van der Waals surface area contributed by atoms with Crippen molar-refractivity contribution in [2.45, 2.75) is 0 Å². The van der Waals surface area contributed by atoms with E-state index in [0.717, 1.165) is 38.4 Å². The van der Waals surface area contributed by atoms with Crippen molar-refractivity contribution in [1.82, 2.24) is 20.1 Å². The van der Waals surface area contributed by atoms with Gasteiger partial charge >= 0.3 is 0 Å². The van der Waals surface area contributed by atoms with E-state index in [-0.39, 0.29) is 18.4 Å². The van der Waals surface area contributed by atoms with Crippen LogP contribution in [-0.4, -0.2) is 67.2 Å². The molecule has 8 heteroatoms. The molecule has 3 heterocycles. The molecule has 2 N–H and O–H groups in total. The average molecular weight is 334 g/mol. The standard InChI is InChI=1S/C16H22N4O4/c1-19-12-2-7-24-14(12)10-13(19)16(22)18-11-15(21)17-3-4-20-5-8-23-9-6-20/h2,7,10H,3-6,8-9,11H2,1H3,(H,17,21)(H,18,22). The van der Waals surface area contributed by atoms with Crippen LogP contribution in [0.15, 0.2) is 22.8 Å². The van der Waals surface area contributed by atoms with Crippen LogP contribution >= 0.6 is 0 Å². The monoisotopic (exact) mass is 334 g/mol. The molecule has 8 nitrogen and oxygen atoms in total. The van der Waals surface area contributed by atoms with E-state index in [0.29, 0.717) is 17.8 Å². The largest absolute Gasteiger partial charge is 0.463 e. The van der Waals surface area contributed by atoms with E-state index in [4.69, 9.17) is 9.15 Å². The first-order valence-electron chi connectivity index (χ1n) is 8.03. The predicted octanol–water partition coefficient (Wildman–Crippen LogP) is -0.0505. The number of hydrogen-bond donors (Lipinski definition) is 2. The summed E-state index contributed by atoms with van der Waals surface area (Å²) >= 11 is 0. The van der Waals surface area contributed by atoms with E-state index in [1.165, 1.54) is 0 Å². The maximum absolute atomic E-state index is 12.2. The van der Waals surface area contributed by atoms with Gasteiger partial charge in [-0.05, 0) is 0 Å². The quantitative estimate of drug-likeness (QED) is 0.773. The maximum Gasteiger partial charge on any atom is 0.268 e. The number of morpholine rings is 1. The van der Waals surface area contributed by atoms with E-state index < -0.39 is 0 Å². The van der Waals surface area contributed by atoms with Gasteiger partial charge in [0.1, 0.15) is 5.69 Å². The Kier molecular flexibility index (Phi) is 5.17. The molecule has 0 aliphatic carbocycles. The van der Waals surface area contributed by atoms with Gasteiger partial charge < -0.3 is 24.4 Å². The summed E-state index contributed by atoms with van der Waals surface area (Å²) in [5.41, 5.74) is 1.96. The molecule has 130 valence electrons. The Labute approximate surface area is 139 Å². The Morgan fingerprint density at radius 2 is 2.04 bits per heavy atom. The molecule has 0 unspecified atom stereocenters. The summed E-state index contributed by atoms with van der Waals surface area (Å²) in [6, 6.07) is 3.46. The number of hydrogen-bond acceptors (Lipinski definition) is 5. The number of nitrogens with zero attached hydrogens (tertiary/aromatic N) is 2. The van der Waals surface area contributed by atoms with Gasteiger partial charge in [0.2, 0.25) is 5.91 Å². The Morgan fingerprint density at radius 1 is 1.25 bits per heavy atom. The third kappa shape index (κ3) is 3.77. The van der Waals surface area contributed by atoms with Gasteiger partial charge in [-0.15, -0.1) is 0 Å². The summed E-state index contributed by atoms with van der Waals surface area (Å²) in [7, 11) is 1.79. The van der Waals surface area contributed by atoms with Crippen molar-refractivity contribution in [2.75, 3.05) is 45.9 Å². The first kappa shape index (κ1) is 16.5. The van der Waals surface area contributed by atoms with Crippen molar-refractivity contribution < 1.29 is 18.7 Å². The summed E-state index contributed by atoms with van der Waals surface area (Å²) in [4.78, 5) is 26.3. The normalized spacial score (nSPS) is 15.5. The molecule has 3 rings (SSSR count). The Morgan fingerprint density at radius 3 is 2.79 bits per heavy atom. The molecule has 1 saturated heterocycles.